The van der Waals surface area contributed by atoms with Crippen LogP contribution < -0.4 is 11.1 Å². The van der Waals surface area contributed by atoms with Gasteiger partial charge in [0.15, 0.2) is 5.96 Å². The summed E-state index contributed by atoms with van der Waals surface area (Å²) in [4.78, 5) is 30.5. The molecule has 2 aliphatic heterocycles. The molecule has 7 heteroatoms. The first kappa shape index (κ1) is 25.3. The Balaban J connectivity index is 1.30. The van der Waals surface area contributed by atoms with E-state index in [-0.39, 0.29) is 23.8 Å². The van der Waals surface area contributed by atoms with Gasteiger partial charge >= 0.3 is 0 Å². The van der Waals surface area contributed by atoms with Gasteiger partial charge in [-0.05, 0) is 49.4 Å². The van der Waals surface area contributed by atoms with Gasteiger partial charge in [0.25, 0.3) is 0 Å². The number of guanidine groups is 1. The van der Waals surface area contributed by atoms with Gasteiger partial charge in [-0.2, -0.15) is 0 Å². The number of rotatable bonds is 7. The van der Waals surface area contributed by atoms with Gasteiger partial charge in [-0.3, -0.25) is 15.0 Å². The van der Waals surface area contributed by atoms with E-state index >= 15 is 0 Å². The van der Waals surface area contributed by atoms with Crippen LogP contribution in [0.5, 0.6) is 0 Å². The largest absolute Gasteiger partial charge is 0.370 e. The molecule has 2 aliphatic carbocycles. The third-order valence-electron chi connectivity index (χ3n) is 9.32. The molecule has 0 spiro atoms. The molecule has 2 saturated carbocycles. The maximum absolute atomic E-state index is 13.6. The second-order valence-electron chi connectivity index (χ2n) is 11.5. The van der Waals surface area contributed by atoms with Crippen molar-refractivity contribution in [1.29, 1.82) is 5.41 Å². The molecular formula is C27H47N5O2. The van der Waals surface area contributed by atoms with Crippen molar-refractivity contribution < 1.29 is 9.59 Å². The lowest BCUT2D eigenvalue weighted by Gasteiger charge is -2.38. The van der Waals surface area contributed by atoms with Crippen molar-refractivity contribution >= 4 is 17.8 Å². The second-order valence-corrected chi connectivity index (χ2v) is 11.5. The number of carbonyl (C=O) groups excluding carboxylic acids is 2. The molecule has 34 heavy (non-hydrogen) atoms. The maximum Gasteiger partial charge on any atom is 0.242 e. The van der Waals surface area contributed by atoms with Gasteiger partial charge in [0.1, 0.15) is 6.04 Å². The summed E-state index contributed by atoms with van der Waals surface area (Å²) >= 11 is 0. The van der Waals surface area contributed by atoms with Crippen molar-refractivity contribution in [3.8, 4) is 0 Å². The number of nitrogens with two attached hydrogens (primary N) is 1. The van der Waals surface area contributed by atoms with E-state index in [0.29, 0.717) is 36.6 Å². The predicted molar refractivity (Wildman–Crippen MR) is 135 cm³/mol. The zero-order chi connectivity index (χ0) is 23.9. The molecule has 4 fully saturated rings. The highest BCUT2D eigenvalue weighted by Crippen LogP contribution is 2.42. The molecule has 7 nitrogen and oxygen atoms in total. The molecule has 0 radical (unpaired) electrons. The van der Waals surface area contributed by atoms with Crippen molar-refractivity contribution in [2.45, 2.75) is 102 Å². The normalized spacial score (nSPS) is 25.6. The first-order chi connectivity index (χ1) is 16.5. The van der Waals surface area contributed by atoms with Crippen LogP contribution in [-0.4, -0.2) is 59.8 Å². The number of piperidine rings is 1. The van der Waals surface area contributed by atoms with Crippen LogP contribution in [0.1, 0.15) is 96.3 Å². The van der Waals surface area contributed by atoms with Crippen molar-refractivity contribution in [1.82, 2.24) is 15.1 Å². The van der Waals surface area contributed by atoms with Gasteiger partial charge < -0.3 is 20.9 Å². The summed E-state index contributed by atoms with van der Waals surface area (Å²) < 4.78 is 0. The average molecular weight is 474 g/mol. The second kappa shape index (κ2) is 12.3. The molecule has 0 aromatic carbocycles. The van der Waals surface area contributed by atoms with Crippen LogP contribution in [0.25, 0.3) is 0 Å². The fourth-order valence-electron chi connectivity index (χ4n) is 7.24. The Morgan fingerprint density at radius 2 is 1.41 bits per heavy atom. The monoisotopic (exact) mass is 473 g/mol. The SMILES string of the molecule is N=C(N)N1CCC(CNC(=O)C2CCCN2C(=O)CC(C2CCCCC2)C2CCCCC2)CC1. The van der Waals surface area contributed by atoms with Crippen LogP contribution >= 0.6 is 0 Å². The third-order valence-corrected chi connectivity index (χ3v) is 9.32. The van der Waals surface area contributed by atoms with Crippen LogP contribution in [0.15, 0.2) is 0 Å². The smallest absolute Gasteiger partial charge is 0.242 e. The topological polar surface area (TPSA) is 103 Å². The van der Waals surface area contributed by atoms with Gasteiger partial charge in [-0.1, -0.05) is 64.2 Å². The van der Waals surface area contributed by atoms with Crippen molar-refractivity contribution in [3.63, 3.8) is 0 Å². The van der Waals surface area contributed by atoms with Gasteiger partial charge in [0, 0.05) is 32.6 Å². The Morgan fingerprint density at radius 3 is 1.97 bits per heavy atom. The number of nitrogens with zero attached hydrogens (tertiary/aromatic N) is 2. The standard InChI is InChI=1S/C27H47N5O2/c28-27(29)31-16-13-20(14-17-31)19-30-26(34)24-12-7-15-32(24)25(33)18-23(21-8-3-1-4-9-21)22-10-5-2-6-11-22/h20-24H,1-19H2,(H3,28,29)(H,30,34). The highest BCUT2D eigenvalue weighted by atomic mass is 16.2. The van der Waals surface area contributed by atoms with E-state index in [2.05, 4.69) is 5.32 Å². The fraction of sp³-hybridized carbons (Fsp3) is 0.889. The number of nitrogens with one attached hydrogen (secondary N) is 2. The molecule has 2 amide bonds. The van der Waals surface area contributed by atoms with E-state index in [9.17, 15) is 9.59 Å². The quantitative estimate of drug-likeness (QED) is 0.386. The van der Waals surface area contributed by atoms with Crippen LogP contribution in [0.3, 0.4) is 0 Å². The molecule has 4 rings (SSSR count). The van der Waals surface area contributed by atoms with Crippen molar-refractivity contribution in [3.05, 3.63) is 0 Å². The molecule has 2 heterocycles. The van der Waals surface area contributed by atoms with E-state index in [0.717, 1.165) is 45.3 Å². The van der Waals surface area contributed by atoms with E-state index in [4.69, 9.17) is 11.1 Å². The van der Waals surface area contributed by atoms with Gasteiger partial charge in [-0.25, -0.2) is 0 Å². The minimum Gasteiger partial charge on any atom is -0.370 e. The number of hydrogen-bond acceptors (Lipinski definition) is 3. The number of likely N-dealkylation sites (tertiary alicyclic amines) is 2. The van der Waals surface area contributed by atoms with Gasteiger partial charge in [0.05, 0.1) is 0 Å². The molecule has 0 aromatic heterocycles. The predicted octanol–water partition coefficient (Wildman–Crippen LogP) is 3.87. The van der Waals surface area contributed by atoms with E-state index in [1.165, 1.54) is 64.2 Å². The highest BCUT2D eigenvalue weighted by molar-refractivity contribution is 5.88. The third kappa shape index (κ3) is 6.45. The Bertz CT molecular complexity index is 675. The summed E-state index contributed by atoms with van der Waals surface area (Å²) in [5.41, 5.74) is 5.59. The van der Waals surface area contributed by atoms with E-state index in [1.807, 2.05) is 9.80 Å². The summed E-state index contributed by atoms with van der Waals surface area (Å²) in [6.45, 7) is 2.97. The zero-order valence-corrected chi connectivity index (χ0v) is 21.1. The highest BCUT2D eigenvalue weighted by Gasteiger charge is 2.38. The fourth-order valence-corrected chi connectivity index (χ4v) is 7.24. The van der Waals surface area contributed by atoms with Crippen LogP contribution in [0, 0.1) is 29.1 Å². The van der Waals surface area contributed by atoms with E-state index < -0.39 is 0 Å². The zero-order valence-electron chi connectivity index (χ0n) is 21.1. The Kier molecular flexibility index (Phi) is 9.12. The first-order valence-corrected chi connectivity index (χ1v) is 14.2. The van der Waals surface area contributed by atoms with Crippen LogP contribution in [0.2, 0.25) is 0 Å². The van der Waals surface area contributed by atoms with Crippen LogP contribution in [-0.2, 0) is 9.59 Å². The number of carbonyl (C=O) groups is 2. The lowest BCUT2D eigenvalue weighted by atomic mass is 9.68. The molecule has 0 aromatic rings. The molecule has 2 saturated heterocycles. The van der Waals surface area contributed by atoms with Gasteiger partial charge in [-0.15, -0.1) is 0 Å². The molecule has 4 aliphatic rings. The summed E-state index contributed by atoms with van der Waals surface area (Å²) in [7, 11) is 0. The van der Waals surface area contributed by atoms with Crippen molar-refractivity contribution in [2.24, 2.45) is 29.4 Å². The molecule has 1 atom stereocenters. The minimum absolute atomic E-state index is 0.0340. The lowest BCUT2D eigenvalue weighted by Crippen LogP contribution is -2.49. The molecule has 192 valence electrons. The van der Waals surface area contributed by atoms with Crippen molar-refractivity contribution in [2.75, 3.05) is 26.2 Å². The Hall–Kier alpha value is -1.79. The Morgan fingerprint density at radius 1 is 0.824 bits per heavy atom. The number of hydrogen-bond donors (Lipinski definition) is 3. The Labute approximate surface area is 206 Å². The van der Waals surface area contributed by atoms with Crippen LogP contribution in [0.4, 0.5) is 0 Å². The molecule has 4 N–H and O–H groups in total. The first-order valence-electron chi connectivity index (χ1n) is 14.2. The molecule has 1 unspecified atom stereocenters. The van der Waals surface area contributed by atoms with E-state index in [1.54, 1.807) is 0 Å². The minimum atomic E-state index is -0.289. The summed E-state index contributed by atoms with van der Waals surface area (Å²) in [5.74, 6) is 2.76. The molecule has 0 bridgehead atoms. The molecular weight excluding hydrogens is 426 g/mol. The maximum atomic E-state index is 13.6. The average Bonchev–Trinajstić information content (AvgIpc) is 3.37. The summed E-state index contributed by atoms with van der Waals surface area (Å²) in [6, 6.07) is -0.289. The summed E-state index contributed by atoms with van der Waals surface area (Å²) in [6.07, 6.45) is 17.4. The van der Waals surface area contributed by atoms with Gasteiger partial charge in [0.2, 0.25) is 11.8 Å². The lowest BCUT2D eigenvalue weighted by molar-refractivity contribution is -0.140. The summed E-state index contributed by atoms with van der Waals surface area (Å²) in [5, 5.41) is 10.7. The number of amides is 2.